The zero-order valence-electron chi connectivity index (χ0n) is 20.2. The van der Waals surface area contributed by atoms with E-state index >= 15 is 0 Å². The van der Waals surface area contributed by atoms with Crippen molar-refractivity contribution in [1.82, 2.24) is 0 Å². The van der Waals surface area contributed by atoms with Crippen LogP contribution in [0.5, 0.6) is 5.75 Å². The van der Waals surface area contributed by atoms with Gasteiger partial charge in [0.25, 0.3) is 0 Å². The Balaban J connectivity index is 1.72. The third kappa shape index (κ3) is 3.20. The smallest absolute Gasteiger partial charge is 0.192 e. The molecule has 1 aliphatic heterocycles. The molecule has 3 aromatic rings. The van der Waals surface area contributed by atoms with Gasteiger partial charge in [-0.2, -0.15) is 0 Å². The van der Waals surface area contributed by atoms with E-state index in [1.807, 2.05) is 78.9 Å². The van der Waals surface area contributed by atoms with Gasteiger partial charge >= 0.3 is 0 Å². The number of ketones is 2. The van der Waals surface area contributed by atoms with Crippen LogP contribution in [0.4, 0.5) is 5.69 Å². The SMILES string of the molecule is COc1ccccc1N1C2=C(C(=O)CC(C)(C)C2)[C@H](c2ccccc2)C2=C1c1ccccc1C2=O. The van der Waals surface area contributed by atoms with E-state index in [9.17, 15) is 9.59 Å². The quantitative estimate of drug-likeness (QED) is 0.444. The second-order valence-corrected chi connectivity index (χ2v) is 10.3. The lowest BCUT2D eigenvalue weighted by Crippen LogP contribution is -2.39. The highest BCUT2D eigenvalue weighted by molar-refractivity contribution is 6.26. The normalized spacial score (nSPS) is 20.5. The molecule has 4 heteroatoms. The number of ether oxygens (including phenoxy) is 1. The van der Waals surface area contributed by atoms with Gasteiger partial charge in [-0.3, -0.25) is 9.59 Å². The third-order valence-corrected chi connectivity index (χ3v) is 7.35. The van der Waals surface area contributed by atoms with E-state index < -0.39 is 5.92 Å². The van der Waals surface area contributed by atoms with Crippen LogP contribution in [0, 0.1) is 5.41 Å². The van der Waals surface area contributed by atoms with Crippen molar-refractivity contribution < 1.29 is 14.3 Å². The number of allylic oxidation sites excluding steroid dienone is 3. The number of rotatable bonds is 3. The summed E-state index contributed by atoms with van der Waals surface area (Å²) in [6, 6.07) is 25.6. The number of nitrogens with zero attached hydrogens (tertiary/aromatic N) is 1. The Morgan fingerprint density at radius 3 is 2.20 bits per heavy atom. The molecule has 6 rings (SSSR count). The summed E-state index contributed by atoms with van der Waals surface area (Å²) in [5, 5.41) is 0. The molecule has 0 saturated heterocycles. The molecule has 0 N–H and O–H groups in total. The lowest BCUT2D eigenvalue weighted by atomic mass is 9.68. The fourth-order valence-electron chi connectivity index (χ4n) is 5.96. The van der Waals surface area contributed by atoms with Crippen molar-refractivity contribution in [3.05, 3.63) is 112 Å². The highest BCUT2D eigenvalue weighted by atomic mass is 16.5. The number of anilines is 1. The average molecular weight is 462 g/mol. The number of para-hydroxylation sites is 2. The maximum Gasteiger partial charge on any atom is 0.192 e. The summed E-state index contributed by atoms with van der Waals surface area (Å²) in [4.78, 5) is 30.0. The minimum atomic E-state index is -0.393. The van der Waals surface area contributed by atoms with Crippen molar-refractivity contribution in [3.8, 4) is 5.75 Å². The summed E-state index contributed by atoms with van der Waals surface area (Å²) < 4.78 is 5.78. The Kier molecular flexibility index (Phi) is 4.82. The zero-order chi connectivity index (χ0) is 24.3. The molecule has 0 bridgehead atoms. The van der Waals surface area contributed by atoms with Crippen LogP contribution in [0.3, 0.4) is 0 Å². The van der Waals surface area contributed by atoms with E-state index in [0.717, 1.165) is 40.2 Å². The van der Waals surface area contributed by atoms with Crippen molar-refractivity contribution in [1.29, 1.82) is 0 Å². The van der Waals surface area contributed by atoms with Gasteiger partial charge in [-0.05, 0) is 29.5 Å². The van der Waals surface area contributed by atoms with Crippen molar-refractivity contribution in [2.75, 3.05) is 12.0 Å². The monoisotopic (exact) mass is 461 g/mol. The highest BCUT2D eigenvalue weighted by Gasteiger charge is 2.49. The molecule has 4 nitrogen and oxygen atoms in total. The molecule has 35 heavy (non-hydrogen) atoms. The number of carbonyl (C=O) groups excluding carboxylic acids is 2. The van der Waals surface area contributed by atoms with Gasteiger partial charge in [-0.1, -0.05) is 80.6 Å². The van der Waals surface area contributed by atoms with Gasteiger partial charge in [0.05, 0.1) is 18.5 Å². The summed E-state index contributed by atoms with van der Waals surface area (Å²) in [7, 11) is 1.66. The molecule has 0 unspecified atom stereocenters. The van der Waals surface area contributed by atoms with Crippen LogP contribution < -0.4 is 9.64 Å². The Morgan fingerprint density at radius 1 is 0.800 bits per heavy atom. The number of fused-ring (bicyclic) bond motifs is 2. The summed E-state index contributed by atoms with van der Waals surface area (Å²) >= 11 is 0. The molecule has 1 atom stereocenters. The Labute approximate surface area is 205 Å². The van der Waals surface area contributed by atoms with Gasteiger partial charge in [-0.25, -0.2) is 0 Å². The van der Waals surface area contributed by atoms with Crippen LogP contribution in [-0.2, 0) is 4.79 Å². The minimum Gasteiger partial charge on any atom is -0.495 e. The van der Waals surface area contributed by atoms with E-state index in [0.29, 0.717) is 23.3 Å². The number of benzene rings is 3. The van der Waals surface area contributed by atoms with Crippen molar-refractivity contribution in [2.24, 2.45) is 5.41 Å². The molecule has 0 amide bonds. The zero-order valence-corrected chi connectivity index (χ0v) is 20.2. The first-order valence-electron chi connectivity index (χ1n) is 12.0. The van der Waals surface area contributed by atoms with Crippen LogP contribution in [0.1, 0.15) is 54.1 Å². The first kappa shape index (κ1) is 21.6. The summed E-state index contributed by atoms with van der Waals surface area (Å²) in [6.45, 7) is 4.29. The summed E-state index contributed by atoms with van der Waals surface area (Å²) in [6.07, 6.45) is 1.18. The molecular weight excluding hydrogens is 434 g/mol. The molecule has 174 valence electrons. The van der Waals surface area contributed by atoms with Crippen LogP contribution in [0.2, 0.25) is 0 Å². The molecule has 3 aromatic carbocycles. The molecule has 1 heterocycles. The third-order valence-electron chi connectivity index (χ3n) is 7.35. The largest absolute Gasteiger partial charge is 0.495 e. The van der Waals surface area contributed by atoms with Gasteiger partial charge in [0, 0.05) is 40.3 Å². The lowest BCUT2D eigenvalue weighted by molar-refractivity contribution is -0.118. The standard InChI is InChI=1S/C31H27NO3/c1-31(2)17-23-27(24(33)18-31)26(19-11-5-4-6-12-19)28-29(20-13-7-8-14-21(20)30(28)34)32(23)22-15-9-10-16-25(22)35-3/h4-16,26H,17-18H2,1-3H3/t26-/m0/s1. The van der Waals surface area contributed by atoms with Gasteiger partial charge in [-0.15, -0.1) is 0 Å². The fourth-order valence-corrected chi connectivity index (χ4v) is 5.96. The second kappa shape index (κ2) is 7.81. The van der Waals surface area contributed by atoms with E-state index in [-0.39, 0.29) is 17.0 Å². The molecule has 0 spiro atoms. The number of Topliss-reactive ketones (excluding diaryl/α,β-unsaturated/α-hetero) is 2. The fraction of sp³-hybridized carbons (Fsp3) is 0.226. The van der Waals surface area contributed by atoms with Crippen molar-refractivity contribution >= 4 is 23.0 Å². The molecular formula is C31H27NO3. The number of hydrogen-bond acceptors (Lipinski definition) is 4. The first-order valence-corrected chi connectivity index (χ1v) is 12.0. The number of methoxy groups -OCH3 is 1. The van der Waals surface area contributed by atoms with Gasteiger partial charge in [0.2, 0.25) is 0 Å². The predicted octanol–water partition coefficient (Wildman–Crippen LogP) is 6.55. The maximum absolute atomic E-state index is 14.0. The predicted molar refractivity (Wildman–Crippen MR) is 137 cm³/mol. The first-order chi connectivity index (χ1) is 16.9. The van der Waals surface area contributed by atoms with E-state index in [4.69, 9.17) is 4.74 Å². The Hall–Kier alpha value is -3.92. The van der Waals surface area contributed by atoms with Crippen molar-refractivity contribution in [2.45, 2.75) is 32.6 Å². The van der Waals surface area contributed by atoms with Crippen molar-refractivity contribution in [3.63, 3.8) is 0 Å². The van der Waals surface area contributed by atoms with Crippen LogP contribution >= 0.6 is 0 Å². The summed E-state index contributed by atoms with van der Waals surface area (Å²) in [5.74, 6) is 0.418. The molecule has 3 aliphatic rings. The topological polar surface area (TPSA) is 46.6 Å². The van der Waals surface area contributed by atoms with E-state index in [1.54, 1.807) is 7.11 Å². The Morgan fingerprint density at radius 2 is 1.46 bits per heavy atom. The van der Waals surface area contributed by atoms with Crippen LogP contribution in [0.25, 0.3) is 5.70 Å². The molecule has 0 radical (unpaired) electrons. The van der Waals surface area contributed by atoms with Gasteiger partial charge in [0.1, 0.15) is 5.75 Å². The number of carbonyl (C=O) groups is 2. The van der Waals surface area contributed by atoms with Crippen LogP contribution in [0.15, 0.2) is 95.7 Å². The maximum atomic E-state index is 14.0. The average Bonchev–Trinajstić information content (AvgIpc) is 3.15. The highest BCUT2D eigenvalue weighted by Crippen LogP contribution is 2.57. The minimum absolute atomic E-state index is 0.00599. The van der Waals surface area contributed by atoms with Crippen LogP contribution in [-0.4, -0.2) is 18.7 Å². The number of hydrogen-bond donors (Lipinski definition) is 0. The van der Waals surface area contributed by atoms with Gasteiger partial charge < -0.3 is 9.64 Å². The van der Waals surface area contributed by atoms with E-state index in [1.165, 1.54) is 0 Å². The molecule has 0 aromatic heterocycles. The van der Waals surface area contributed by atoms with Gasteiger partial charge in [0.15, 0.2) is 11.6 Å². The second-order valence-electron chi connectivity index (χ2n) is 10.3. The molecule has 2 aliphatic carbocycles. The Bertz CT molecular complexity index is 1440. The molecule has 0 fully saturated rings. The van der Waals surface area contributed by atoms with E-state index in [2.05, 4.69) is 18.7 Å². The molecule has 0 saturated carbocycles. The lowest BCUT2D eigenvalue weighted by Gasteiger charge is -2.44. The summed E-state index contributed by atoms with van der Waals surface area (Å²) in [5.41, 5.74) is 6.46.